The molecule has 6 heteroatoms. The molecule has 0 radical (unpaired) electrons. The van der Waals surface area contributed by atoms with E-state index < -0.39 is 11.4 Å². The van der Waals surface area contributed by atoms with Gasteiger partial charge in [0.15, 0.2) is 5.12 Å². The molecule has 0 aliphatic heterocycles. The SMILES string of the molecule is CC(C)(COC(=O)CN)C(=O)SCCO. The lowest BCUT2D eigenvalue weighted by Crippen LogP contribution is -2.31. The second-order valence-electron chi connectivity index (χ2n) is 3.61. The highest BCUT2D eigenvalue weighted by Gasteiger charge is 2.29. The average Bonchev–Trinajstić information content (AvgIpc) is 2.22. The van der Waals surface area contributed by atoms with Crippen LogP contribution in [0.4, 0.5) is 0 Å². The molecular weight excluding hydrogens is 218 g/mol. The van der Waals surface area contributed by atoms with Crippen molar-refractivity contribution in [2.45, 2.75) is 13.8 Å². The van der Waals surface area contributed by atoms with Gasteiger partial charge in [-0.15, -0.1) is 0 Å². The zero-order chi connectivity index (χ0) is 11.9. The Kier molecular flexibility index (Phi) is 6.55. The Morgan fingerprint density at radius 2 is 2.07 bits per heavy atom. The Labute approximate surface area is 93.4 Å². The first-order valence-corrected chi connectivity index (χ1v) is 5.56. The van der Waals surface area contributed by atoms with Gasteiger partial charge in [0.25, 0.3) is 0 Å². The molecule has 0 saturated heterocycles. The van der Waals surface area contributed by atoms with Crippen LogP contribution in [0, 0.1) is 5.41 Å². The summed E-state index contributed by atoms with van der Waals surface area (Å²) in [5, 5.41) is 8.45. The molecule has 0 amide bonds. The van der Waals surface area contributed by atoms with Crippen LogP contribution in [-0.2, 0) is 14.3 Å². The lowest BCUT2D eigenvalue weighted by atomic mass is 9.97. The van der Waals surface area contributed by atoms with Crippen molar-refractivity contribution < 1.29 is 19.4 Å². The molecule has 5 nitrogen and oxygen atoms in total. The lowest BCUT2D eigenvalue weighted by molar-refractivity contribution is -0.146. The van der Waals surface area contributed by atoms with E-state index in [-0.39, 0.29) is 24.9 Å². The van der Waals surface area contributed by atoms with Crippen LogP contribution in [0.2, 0.25) is 0 Å². The first kappa shape index (κ1) is 14.4. The second kappa shape index (κ2) is 6.81. The summed E-state index contributed by atoms with van der Waals surface area (Å²) in [6, 6.07) is 0. The number of thioether (sulfide) groups is 1. The lowest BCUT2D eigenvalue weighted by Gasteiger charge is -2.21. The van der Waals surface area contributed by atoms with Gasteiger partial charge in [0.1, 0.15) is 6.61 Å². The number of ether oxygens (including phenoxy) is 1. The highest BCUT2D eigenvalue weighted by Crippen LogP contribution is 2.24. The molecule has 0 unspecified atom stereocenters. The van der Waals surface area contributed by atoms with Crippen molar-refractivity contribution in [2.75, 3.05) is 25.5 Å². The van der Waals surface area contributed by atoms with E-state index in [0.717, 1.165) is 11.8 Å². The summed E-state index contributed by atoms with van der Waals surface area (Å²) >= 11 is 1.03. The fourth-order valence-electron chi connectivity index (χ4n) is 0.712. The van der Waals surface area contributed by atoms with Crippen LogP contribution in [0.3, 0.4) is 0 Å². The summed E-state index contributed by atoms with van der Waals surface area (Å²) in [5.74, 6) is -0.171. The summed E-state index contributed by atoms with van der Waals surface area (Å²) in [7, 11) is 0. The van der Waals surface area contributed by atoms with Gasteiger partial charge in [0.05, 0.1) is 18.6 Å². The molecule has 88 valence electrons. The molecule has 0 rings (SSSR count). The van der Waals surface area contributed by atoms with Crippen LogP contribution in [-0.4, -0.2) is 41.7 Å². The van der Waals surface area contributed by atoms with Gasteiger partial charge in [-0.3, -0.25) is 9.59 Å². The number of aliphatic hydroxyl groups is 1. The third-order valence-electron chi connectivity index (χ3n) is 1.64. The number of esters is 1. The summed E-state index contributed by atoms with van der Waals surface area (Å²) in [6.07, 6.45) is 0. The van der Waals surface area contributed by atoms with Gasteiger partial charge in [-0.2, -0.15) is 0 Å². The van der Waals surface area contributed by atoms with E-state index >= 15 is 0 Å². The van der Waals surface area contributed by atoms with Crippen molar-refractivity contribution in [3.8, 4) is 0 Å². The van der Waals surface area contributed by atoms with Crippen molar-refractivity contribution in [3.63, 3.8) is 0 Å². The van der Waals surface area contributed by atoms with Crippen molar-refractivity contribution >= 4 is 22.8 Å². The van der Waals surface area contributed by atoms with Crippen molar-refractivity contribution in [3.05, 3.63) is 0 Å². The number of hydrogen-bond donors (Lipinski definition) is 2. The smallest absolute Gasteiger partial charge is 0.319 e. The Hall–Kier alpha value is -0.590. The Morgan fingerprint density at radius 1 is 1.47 bits per heavy atom. The molecule has 0 bridgehead atoms. The molecule has 15 heavy (non-hydrogen) atoms. The standard InChI is InChI=1S/C9H17NO4S/c1-9(2,6-14-7(12)5-10)8(13)15-4-3-11/h11H,3-6,10H2,1-2H3. The van der Waals surface area contributed by atoms with Gasteiger partial charge in [0.2, 0.25) is 0 Å². The molecule has 0 aromatic rings. The van der Waals surface area contributed by atoms with E-state index in [1.807, 2.05) is 0 Å². The molecule has 0 heterocycles. The van der Waals surface area contributed by atoms with Crippen LogP contribution >= 0.6 is 11.8 Å². The molecule has 3 N–H and O–H groups in total. The molecule has 0 aromatic carbocycles. The molecule has 0 aromatic heterocycles. The van der Waals surface area contributed by atoms with Gasteiger partial charge >= 0.3 is 5.97 Å². The fourth-order valence-corrected chi connectivity index (χ4v) is 1.44. The van der Waals surface area contributed by atoms with Gasteiger partial charge < -0.3 is 15.6 Å². The molecule has 0 spiro atoms. The summed E-state index contributed by atoms with van der Waals surface area (Å²) in [6.45, 7) is 3.15. The van der Waals surface area contributed by atoms with E-state index in [1.54, 1.807) is 13.8 Å². The Bertz CT molecular complexity index is 230. The fraction of sp³-hybridized carbons (Fsp3) is 0.778. The topological polar surface area (TPSA) is 89.6 Å². The maximum absolute atomic E-state index is 11.6. The molecule has 0 aliphatic rings. The van der Waals surface area contributed by atoms with Crippen LogP contribution < -0.4 is 5.73 Å². The highest BCUT2D eigenvalue weighted by atomic mass is 32.2. The Morgan fingerprint density at radius 3 is 2.53 bits per heavy atom. The minimum atomic E-state index is -0.745. The predicted octanol–water partition coefficient (Wildman–Crippen LogP) is -0.233. The minimum absolute atomic E-state index is 0.0142. The molecule has 0 saturated carbocycles. The van der Waals surface area contributed by atoms with Crippen LogP contribution in [0.15, 0.2) is 0 Å². The van der Waals surface area contributed by atoms with Gasteiger partial charge in [-0.05, 0) is 13.8 Å². The molecular formula is C9H17NO4S. The van der Waals surface area contributed by atoms with Crippen molar-refractivity contribution in [2.24, 2.45) is 11.1 Å². The van der Waals surface area contributed by atoms with Crippen molar-refractivity contribution in [1.82, 2.24) is 0 Å². The van der Waals surface area contributed by atoms with E-state index in [4.69, 9.17) is 15.6 Å². The van der Waals surface area contributed by atoms with Crippen LogP contribution in [0.25, 0.3) is 0 Å². The van der Waals surface area contributed by atoms with Crippen LogP contribution in [0.1, 0.15) is 13.8 Å². The number of carbonyl (C=O) groups is 2. The molecule has 0 atom stereocenters. The third-order valence-corrected chi connectivity index (χ3v) is 2.84. The van der Waals surface area contributed by atoms with Gasteiger partial charge in [0, 0.05) is 5.75 Å². The van der Waals surface area contributed by atoms with E-state index in [2.05, 4.69) is 0 Å². The molecule has 0 aliphatic carbocycles. The van der Waals surface area contributed by atoms with Crippen molar-refractivity contribution in [1.29, 1.82) is 0 Å². The quantitative estimate of drug-likeness (QED) is 0.618. The minimum Gasteiger partial charge on any atom is -0.464 e. The van der Waals surface area contributed by atoms with Gasteiger partial charge in [-0.25, -0.2) is 0 Å². The first-order chi connectivity index (χ1) is 6.94. The normalized spacial score (nSPS) is 11.2. The van der Waals surface area contributed by atoms with Crippen LogP contribution in [0.5, 0.6) is 0 Å². The Balaban J connectivity index is 4.04. The number of aliphatic hydroxyl groups excluding tert-OH is 1. The number of carbonyl (C=O) groups excluding carboxylic acids is 2. The monoisotopic (exact) mass is 235 g/mol. The summed E-state index contributed by atoms with van der Waals surface area (Å²) in [4.78, 5) is 22.3. The van der Waals surface area contributed by atoms with E-state index in [1.165, 1.54) is 0 Å². The predicted molar refractivity (Wildman–Crippen MR) is 58.3 cm³/mol. The number of hydrogen-bond acceptors (Lipinski definition) is 6. The number of nitrogens with two attached hydrogens (primary N) is 1. The third kappa shape index (κ3) is 5.76. The average molecular weight is 235 g/mol. The number of rotatable bonds is 6. The second-order valence-corrected chi connectivity index (χ2v) is 4.68. The largest absolute Gasteiger partial charge is 0.464 e. The zero-order valence-electron chi connectivity index (χ0n) is 8.99. The van der Waals surface area contributed by atoms with E-state index in [9.17, 15) is 9.59 Å². The maximum atomic E-state index is 11.6. The van der Waals surface area contributed by atoms with E-state index in [0.29, 0.717) is 5.75 Å². The first-order valence-electron chi connectivity index (χ1n) is 4.58. The summed E-state index contributed by atoms with van der Waals surface area (Å²) < 4.78 is 4.80. The zero-order valence-corrected chi connectivity index (χ0v) is 9.80. The highest BCUT2D eigenvalue weighted by molar-refractivity contribution is 8.13. The molecule has 0 fully saturated rings. The maximum Gasteiger partial charge on any atom is 0.319 e. The summed E-state index contributed by atoms with van der Waals surface area (Å²) in [5.41, 5.74) is 4.31. The van der Waals surface area contributed by atoms with Gasteiger partial charge in [-0.1, -0.05) is 11.8 Å².